The van der Waals surface area contributed by atoms with Crippen LogP contribution in [0.4, 0.5) is 11.5 Å². The van der Waals surface area contributed by atoms with E-state index >= 15 is 0 Å². The van der Waals surface area contributed by atoms with Gasteiger partial charge >= 0.3 is 0 Å². The van der Waals surface area contributed by atoms with Crippen molar-refractivity contribution in [1.29, 1.82) is 0 Å². The second-order valence-corrected chi connectivity index (χ2v) is 9.69. The van der Waals surface area contributed by atoms with Gasteiger partial charge in [-0.05, 0) is 45.9 Å². The fourth-order valence-electron chi connectivity index (χ4n) is 3.96. The number of para-hydroxylation sites is 2. The number of hydrogen-bond donors (Lipinski definition) is 2. The van der Waals surface area contributed by atoms with E-state index in [4.69, 9.17) is 14.0 Å². The Kier molecular flexibility index (Phi) is 9.11. The Balaban J connectivity index is 2.02. The molecule has 10 nitrogen and oxygen atoms in total. The third-order valence-corrected chi connectivity index (χ3v) is 5.50. The fourth-order valence-corrected chi connectivity index (χ4v) is 3.96. The van der Waals surface area contributed by atoms with Gasteiger partial charge in [0.05, 0.1) is 14.2 Å². The second-order valence-electron chi connectivity index (χ2n) is 9.69. The minimum atomic E-state index is -1.12. The van der Waals surface area contributed by atoms with Gasteiger partial charge in [-0.25, -0.2) is 0 Å². The molecule has 0 radical (unpaired) electrons. The third-order valence-electron chi connectivity index (χ3n) is 5.50. The Labute approximate surface area is 222 Å². The zero-order chi connectivity index (χ0) is 27.9. The molecule has 2 N–H and O–H groups in total. The van der Waals surface area contributed by atoms with Gasteiger partial charge in [0.2, 0.25) is 17.7 Å². The average Bonchev–Trinajstić information content (AvgIpc) is 3.28. The van der Waals surface area contributed by atoms with Gasteiger partial charge in [0, 0.05) is 35.7 Å². The summed E-state index contributed by atoms with van der Waals surface area (Å²) in [5.74, 6) is 0.313. The highest BCUT2D eigenvalue weighted by Gasteiger charge is 2.37. The summed E-state index contributed by atoms with van der Waals surface area (Å²) in [6, 6.07) is 14.5. The molecule has 0 aliphatic carbocycles. The van der Waals surface area contributed by atoms with Gasteiger partial charge in [0.1, 0.15) is 11.8 Å². The van der Waals surface area contributed by atoms with Crippen molar-refractivity contribution >= 4 is 29.2 Å². The van der Waals surface area contributed by atoms with Crippen LogP contribution in [-0.2, 0) is 14.4 Å². The zero-order valence-corrected chi connectivity index (χ0v) is 22.5. The maximum atomic E-state index is 13.8. The van der Waals surface area contributed by atoms with E-state index in [1.807, 2.05) is 26.8 Å². The summed E-state index contributed by atoms with van der Waals surface area (Å²) in [6.07, 6.45) is -0.292. The third kappa shape index (κ3) is 7.12. The van der Waals surface area contributed by atoms with E-state index in [-0.39, 0.29) is 18.7 Å². The normalized spacial score (nSPS) is 11.8. The molecule has 202 valence electrons. The molecule has 3 rings (SSSR count). The van der Waals surface area contributed by atoms with Crippen molar-refractivity contribution in [1.82, 2.24) is 10.5 Å². The van der Waals surface area contributed by atoms with Gasteiger partial charge in [-0.2, -0.15) is 0 Å². The first-order valence-corrected chi connectivity index (χ1v) is 12.2. The van der Waals surface area contributed by atoms with Gasteiger partial charge in [0.15, 0.2) is 17.3 Å². The van der Waals surface area contributed by atoms with Crippen LogP contribution >= 0.6 is 0 Å². The lowest BCUT2D eigenvalue weighted by molar-refractivity contribution is -0.128. The Hall–Kier alpha value is -4.34. The predicted octanol–water partition coefficient (Wildman–Crippen LogP) is 4.41. The van der Waals surface area contributed by atoms with Crippen LogP contribution in [0.15, 0.2) is 59.1 Å². The Morgan fingerprint density at radius 1 is 1.00 bits per heavy atom. The Morgan fingerprint density at radius 2 is 1.71 bits per heavy atom. The SMILES string of the molecule is COc1cccc(C(C(=O)NC(C)(C)C)N(C(=O)CCC(=O)Nc2cc(C)on2)c2ccccc2)c1OC. The van der Waals surface area contributed by atoms with E-state index < -0.39 is 29.3 Å². The highest BCUT2D eigenvalue weighted by molar-refractivity contribution is 6.03. The first kappa shape index (κ1) is 28.2. The topological polar surface area (TPSA) is 123 Å². The molecule has 0 spiro atoms. The van der Waals surface area contributed by atoms with Crippen LogP contribution in [0.5, 0.6) is 11.5 Å². The molecule has 0 fully saturated rings. The largest absolute Gasteiger partial charge is 0.493 e. The summed E-state index contributed by atoms with van der Waals surface area (Å²) in [7, 11) is 2.98. The van der Waals surface area contributed by atoms with Gasteiger partial charge in [-0.15, -0.1) is 0 Å². The van der Waals surface area contributed by atoms with Crippen LogP contribution < -0.4 is 25.0 Å². The molecule has 38 heavy (non-hydrogen) atoms. The number of anilines is 2. The van der Waals surface area contributed by atoms with Crippen LogP contribution in [0.2, 0.25) is 0 Å². The minimum Gasteiger partial charge on any atom is -0.493 e. The fraction of sp³-hybridized carbons (Fsp3) is 0.357. The number of aromatic nitrogens is 1. The standard InChI is InChI=1S/C28H34N4O6/c1-18-17-22(31-38-18)29-23(33)15-16-24(34)32(19-11-8-7-9-12-19)25(27(35)30-28(2,3)4)20-13-10-14-21(36-5)26(20)37-6/h7-14,17,25H,15-16H2,1-6H3,(H,30,35)(H,29,31,33). The van der Waals surface area contributed by atoms with E-state index in [9.17, 15) is 14.4 Å². The average molecular weight is 523 g/mol. The summed E-state index contributed by atoms with van der Waals surface area (Å²) in [5, 5.41) is 9.34. The van der Waals surface area contributed by atoms with E-state index in [2.05, 4.69) is 15.8 Å². The quantitative estimate of drug-likeness (QED) is 0.404. The van der Waals surface area contributed by atoms with Crippen LogP contribution in [0, 0.1) is 6.92 Å². The number of rotatable bonds is 10. The number of carbonyl (C=O) groups excluding carboxylic acids is 3. The molecule has 1 unspecified atom stereocenters. The van der Waals surface area contributed by atoms with E-state index in [1.54, 1.807) is 55.5 Å². The number of carbonyl (C=O) groups is 3. The summed E-state index contributed by atoms with van der Waals surface area (Å²) >= 11 is 0. The van der Waals surface area contributed by atoms with Crippen LogP contribution in [0.3, 0.4) is 0 Å². The van der Waals surface area contributed by atoms with Crippen molar-refractivity contribution in [2.24, 2.45) is 0 Å². The molecule has 0 aliphatic rings. The summed E-state index contributed by atoms with van der Waals surface area (Å²) < 4.78 is 16.1. The maximum Gasteiger partial charge on any atom is 0.248 e. The van der Waals surface area contributed by atoms with Crippen LogP contribution in [0.25, 0.3) is 0 Å². The monoisotopic (exact) mass is 522 g/mol. The molecular weight excluding hydrogens is 488 g/mol. The Morgan fingerprint density at radius 3 is 2.29 bits per heavy atom. The van der Waals surface area contributed by atoms with Crippen molar-refractivity contribution in [2.45, 2.75) is 52.1 Å². The molecule has 10 heteroatoms. The molecular formula is C28H34N4O6. The number of nitrogens with zero attached hydrogens (tertiary/aromatic N) is 2. The Bertz CT molecular complexity index is 1270. The van der Waals surface area contributed by atoms with E-state index in [1.165, 1.54) is 19.1 Å². The maximum absolute atomic E-state index is 13.8. The van der Waals surface area contributed by atoms with Crippen LogP contribution in [-0.4, -0.2) is 42.6 Å². The molecule has 0 saturated carbocycles. The molecule has 0 saturated heterocycles. The highest BCUT2D eigenvalue weighted by Crippen LogP contribution is 2.39. The molecule has 1 aromatic heterocycles. The van der Waals surface area contributed by atoms with E-state index in [0.29, 0.717) is 28.5 Å². The van der Waals surface area contributed by atoms with Crippen molar-refractivity contribution < 1.29 is 28.4 Å². The summed E-state index contributed by atoms with van der Waals surface area (Å²) in [4.78, 5) is 41.6. The van der Waals surface area contributed by atoms with Crippen LogP contribution in [0.1, 0.15) is 51.0 Å². The second kappa shape index (κ2) is 12.3. The van der Waals surface area contributed by atoms with Crippen molar-refractivity contribution in [3.63, 3.8) is 0 Å². The number of ether oxygens (including phenoxy) is 2. The summed E-state index contributed by atoms with van der Waals surface area (Å²) in [6.45, 7) is 7.28. The number of methoxy groups -OCH3 is 2. The van der Waals surface area contributed by atoms with Crippen molar-refractivity contribution in [3.05, 3.63) is 65.9 Å². The number of benzene rings is 2. The first-order chi connectivity index (χ1) is 18.0. The predicted molar refractivity (Wildman–Crippen MR) is 143 cm³/mol. The van der Waals surface area contributed by atoms with Crippen molar-refractivity contribution in [2.75, 3.05) is 24.4 Å². The number of nitrogens with one attached hydrogen (secondary N) is 2. The van der Waals surface area contributed by atoms with Gasteiger partial charge < -0.3 is 24.6 Å². The lowest BCUT2D eigenvalue weighted by atomic mass is 9.98. The van der Waals surface area contributed by atoms with E-state index in [0.717, 1.165) is 0 Å². The smallest absolute Gasteiger partial charge is 0.248 e. The highest BCUT2D eigenvalue weighted by atomic mass is 16.5. The van der Waals surface area contributed by atoms with Gasteiger partial charge in [-0.1, -0.05) is 35.5 Å². The minimum absolute atomic E-state index is 0.128. The molecule has 0 bridgehead atoms. The van der Waals surface area contributed by atoms with Crippen molar-refractivity contribution in [3.8, 4) is 11.5 Å². The summed E-state index contributed by atoms with van der Waals surface area (Å²) in [5.41, 5.74) is 0.347. The lowest BCUT2D eigenvalue weighted by Crippen LogP contribution is -2.49. The first-order valence-electron chi connectivity index (χ1n) is 12.2. The molecule has 2 aromatic carbocycles. The number of aryl methyl sites for hydroxylation is 1. The molecule has 1 atom stereocenters. The van der Waals surface area contributed by atoms with Gasteiger partial charge in [-0.3, -0.25) is 19.3 Å². The zero-order valence-electron chi connectivity index (χ0n) is 22.5. The number of amides is 3. The number of hydrogen-bond acceptors (Lipinski definition) is 7. The molecule has 3 amide bonds. The molecule has 0 aliphatic heterocycles. The lowest BCUT2D eigenvalue weighted by Gasteiger charge is -2.34. The van der Waals surface area contributed by atoms with Gasteiger partial charge in [0.25, 0.3) is 0 Å². The molecule has 3 aromatic rings. The molecule has 1 heterocycles.